The van der Waals surface area contributed by atoms with Gasteiger partial charge in [0.2, 0.25) is 34.8 Å². The summed E-state index contributed by atoms with van der Waals surface area (Å²) in [7, 11) is 0. The molecule has 82 valence electrons. The Balaban J connectivity index is 3.45. The van der Waals surface area contributed by atoms with Crippen LogP contribution < -0.4 is 4.74 Å². The van der Waals surface area contributed by atoms with Gasteiger partial charge in [0.25, 0.3) is 0 Å². The van der Waals surface area contributed by atoms with Gasteiger partial charge in [-0.15, -0.1) is 0 Å². The van der Waals surface area contributed by atoms with E-state index in [0.717, 1.165) is 0 Å². The van der Waals surface area contributed by atoms with Gasteiger partial charge in [-0.05, 0) is 0 Å². The molecule has 0 saturated heterocycles. The van der Waals surface area contributed by atoms with Crippen LogP contribution in [0.5, 0.6) is 5.75 Å². The van der Waals surface area contributed by atoms with Gasteiger partial charge in [0.15, 0.2) is 0 Å². The molecule has 0 atom stereocenters. The molecular formula is C7ClF5O2. The van der Waals surface area contributed by atoms with Crippen molar-refractivity contribution < 1.29 is 31.5 Å². The van der Waals surface area contributed by atoms with Gasteiger partial charge in [-0.2, -0.15) is 8.78 Å². The van der Waals surface area contributed by atoms with E-state index >= 15 is 0 Å². The zero-order chi connectivity index (χ0) is 11.7. The van der Waals surface area contributed by atoms with Gasteiger partial charge in [0.05, 0.1) is 0 Å². The highest BCUT2D eigenvalue weighted by Crippen LogP contribution is 2.29. The molecular weight excluding hydrogens is 247 g/mol. The topological polar surface area (TPSA) is 26.3 Å². The number of benzene rings is 1. The molecule has 0 amide bonds. The lowest BCUT2D eigenvalue weighted by Crippen LogP contribution is -2.08. The summed E-state index contributed by atoms with van der Waals surface area (Å²) in [5.41, 5.74) is -1.72. The highest BCUT2D eigenvalue weighted by Gasteiger charge is 2.28. The number of halogens is 6. The number of carbonyl (C=O) groups excluding carboxylic acids is 1. The second kappa shape index (κ2) is 4.01. The van der Waals surface area contributed by atoms with Crippen LogP contribution in [0, 0.1) is 29.1 Å². The van der Waals surface area contributed by atoms with Crippen molar-refractivity contribution in [3.05, 3.63) is 29.1 Å². The first kappa shape index (κ1) is 11.7. The number of ether oxygens (including phenoxy) is 1. The first-order chi connectivity index (χ1) is 6.86. The molecule has 8 heteroatoms. The molecule has 0 radical (unpaired) electrons. The molecule has 15 heavy (non-hydrogen) atoms. The summed E-state index contributed by atoms with van der Waals surface area (Å²) in [6, 6.07) is 0. The molecule has 0 heterocycles. The summed E-state index contributed by atoms with van der Waals surface area (Å²) in [6.45, 7) is 0. The fourth-order valence-corrected chi connectivity index (χ4v) is 0.832. The van der Waals surface area contributed by atoms with E-state index < -0.39 is 40.3 Å². The molecule has 0 fully saturated rings. The van der Waals surface area contributed by atoms with Crippen molar-refractivity contribution in [3.63, 3.8) is 0 Å². The summed E-state index contributed by atoms with van der Waals surface area (Å²) in [5.74, 6) is -13.0. The fourth-order valence-electron chi connectivity index (χ4n) is 0.755. The highest BCUT2D eigenvalue weighted by molar-refractivity contribution is 6.61. The summed E-state index contributed by atoms with van der Waals surface area (Å²) in [4.78, 5) is 10.1. The minimum atomic E-state index is -2.35. The maximum absolute atomic E-state index is 12.7. The Morgan fingerprint density at radius 3 is 1.53 bits per heavy atom. The lowest BCUT2D eigenvalue weighted by Gasteiger charge is -2.05. The molecule has 0 aromatic heterocycles. The summed E-state index contributed by atoms with van der Waals surface area (Å²) >= 11 is 4.57. The van der Waals surface area contributed by atoms with E-state index in [0.29, 0.717) is 0 Å². The predicted molar refractivity (Wildman–Crippen MR) is 38.1 cm³/mol. The molecule has 1 aromatic rings. The van der Waals surface area contributed by atoms with Gasteiger partial charge in [-0.25, -0.2) is 18.0 Å². The Labute approximate surface area is 84.2 Å². The second-order valence-corrected chi connectivity index (χ2v) is 2.55. The van der Waals surface area contributed by atoms with Crippen molar-refractivity contribution in [1.82, 2.24) is 0 Å². The SMILES string of the molecule is O=C(Cl)Oc1c(F)c(F)c(F)c(F)c1F. The number of hydrogen-bond donors (Lipinski definition) is 0. The molecule has 0 aliphatic heterocycles. The molecule has 0 aliphatic carbocycles. The average molecular weight is 247 g/mol. The second-order valence-electron chi connectivity index (χ2n) is 2.24. The smallest absolute Gasteiger partial charge is 0.408 e. The van der Waals surface area contributed by atoms with E-state index in [1.165, 1.54) is 0 Å². The van der Waals surface area contributed by atoms with Gasteiger partial charge < -0.3 is 4.74 Å². The summed E-state index contributed by atoms with van der Waals surface area (Å²) in [6.07, 6.45) is 0. The van der Waals surface area contributed by atoms with E-state index in [1.54, 1.807) is 0 Å². The van der Waals surface area contributed by atoms with Crippen molar-refractivity contribution >= 4 is 17.0 Å². The van der Waals surface area contributed by atoms with Gasteiger partial charge in [-0.1, -0.05) is 0 Å². The monoisotopic (exact) mass is 246 g/mol. The Hall–Kier alpha value is -1.37. The third kappa shape index (κ3) is 2.01. The van der Waals surface area contributed by atoms with Crippen molar-refractivity contribution in [2.45, 2.75) is 0 Å². The molecule has 1 aromatic carbocycles. The molecule has 0 unspecified atom stereocenters. The number of carbonyl (C=O) groups is 1. The zero-order valence-electron chi connectivity index (χ0n) is 6.58. The highest BCUT2D eigenvalue weighted by atomic mass is 35.5. The Bertz CT molecular complexity index is 405. The molecule has 0 spiro atoms. The fraction of sp³-hybridized carbons (Fsp3) is 0. The van der Waals surface area contributed by atoms with Crippen LogP contribution in [0.3, 0.4) is 0 Å². The molecule has 0 aliphatic rings. The van der Waals surface area contributed by atoms with E-state index in [2.05, 4.69) is 16.3 Å². The van der Waals surface area contributed by atoms with Gasteiger partial charge >= 0.3 is 5.43 Å². The third-order valence-electron chi connectivity index (χ3n) is 1.35. The van der Waals surface area contributed by atoms with Crippen LogP contribution in [-0.2, 0) is 0 Å². The quantitative estimate of drug-likeness (QED) is 0.329. The van der Waals surface area contributed by atoms with Crippen LogP contribution in [0.25, 0.3) is 0 Å². The Morgan fingerprint density at radius 2 is 1.20 bits per heavy atom. The Kier molecular flexibility index (Phi) is 3.13. The van der Waals surface area contributed by atoms with Crippen LogP contribution in [0.1, 0.15) is 0 Å². The largest absolute Gasteiger partial charge is 0.409 e. The molecule has 0 N–H and O–H groups in total. The van der Waals surface area contributed by atoms with E-state index in [4.69, 9.17) is 0 Å². The normalized spacial score (nSPS) is 10.3. The summed E-state index contributed by atoms with van der Waals surface area (Å²) < 4.78 is 66.4. The van der Waals surface area contributed by atoms with Crippen LogP contribution in [0.15, 0.2) is 0 Å². The predicted octanol–water partition coefficient (Wildman–Crippen LogP) is 3.12. The van der Waals surface area contributed by atoms with E-state index in [1.807, 2.05) is 0 Å². The zero-order valence-corrected chi connectivity index (χ0v) is 7.34. The summed E-state index contributed by atoms with van der Waals surface area (Å²) in [5, 5.41) is 0. The number of hydrogen-bond acceptors (Lipinski definition) is 2. The Morgan fingerprint density at radius 1 is 0.867 bits per heavy atom. The molecule has 1 rings (SSSR count). The van der Waals surface area contributed by atoms with Gasteiger partial charge in [0, 0.05) is 11.6 Å². The maximum atomic E-state index is 12.7. The van der Waals surface area contributed by atoms with Crippen molar-refractivity contribution in [2.24, 2.45) is 0 Å². The number of rotatable bonds is 1. The van der Waals surface area contributed by atoms with Crippen LogP contribution in [0.4, 0.5) is 26.7 Å². The standard InChI is InChI=1S/C7ClF5O2/c8-7(14)15-6-4(12)2(10)1(9)3(11)5(6)13. The third-order valence-corrected chi connectivity index (χ3v) is 1.43. The molecule has 0 bridgehead atoms. The van der Waals surface area contributed by atoms with Gasteiger partial charge in [-0.3, -0.25) is 0 Å². The first-order valence-electron chi connectivity index (χ1n) is 3.25. The minimum Gasteiger partial charge on any atom is -0.408 e. The van der Waals surface area contributed by atoms with E-state index in [9.17, 15) is 26.7 Å². The molecule has 2 nitrogen and oxygen atoms in total. The maximum Gasteiger partial charge on any atom is 0.409 e. The minimum absolute atomic E-state index is 1.72. The van der Waals surface area contributed by atoms with Crippen LogP contribution in [0.2, 0.25) is 0 Å². The van der Waals surface area contributed by atoms with Crippen molar-refractivity contribution in [1.29, 1.82) is 0 Å². The van der Waals surface area contributed by atoms with E-state index in [-0.39, 0.29) is 0 Å². The van der Waals surface area contributed by atoms with Gasteiger partial charge in [0.1, 0.15) is 0 Å². The average Bonchev–Trinajstić information content (AvgIpc) is 2.18. The lowest BCUT2D eigenvalue weighted by atomic mass is 10.3. The molecule has 0 saturated carbocycles. The van der Waals surface area contributed by atoms with Crippen LogP contribution >= 0.6 is 11.6 Å². The van der Waals surface area contributed by atoms with Crippen LogP contribution in [-0.4, -0.2) is 5.43 Å². The van der Waals surface area contributed by atoms with Crippen molar-refractivity contribution in [3.8, 4) is 5.75 Å². The lowest BCUT2D eigenvalue weighted by molar-refractivity contribution is 0.218. The first-order valence-corrected chi connectivity index (χ1v) is 3.62. The van der Waals surface area contributed by atoms with Crippen molar-refractivity contribution in [2.75, 3.05) is 0 Å².